The molecule has 2 heterocycles. The molecule has 2 aliphatic heterocycles. The molecule has 6 nitrogen and oxygen atoms in total. The summed E-state index contributed by atoms with van der Waals surface area (Å²) in [5.74, 6) is 0.0669. The van der Waals surface area contributed by atoms with Gasteiger partial charge in [-0.2, -0.15) is 0 Å². The minimum absolute atomic E-state index is 0.0261. The molecule has 2 aliphatic carbocycles. The van der Waals surface area contributed by atoms with Crippen LogP contribution < -0.4 is 0 Å². The molecule has 158 valence electrons. The largest absolute Gasteiger partial charge is 0.331 e. The summed E-state index contributed by atoms with van der Waals surface area (Å²) < 4.78 is 0. The topological polar surface area (TPSA) is 60.9 Å². The summed E-state index contributed by atoms with van der Waals surface area (Å²) in [6.45, 7) is 3.15. The number of carbonyl (C=O) groups excluding carboxylic acids is 3. The molecular formula is C25H25N3O3. The van der Waals surface area contributed by atoms with Gasteiger partial charge in [0.1, 0.15) is 6.54 Å². The highest BCUT2D eigenvalue weighted by atomic mass is 16.2. The van der Waals surface area contributed by atoms with Gasteiger partial charge in [-0.15, -0.1) is 0 Å². The molecule has 0 N–H and O–H groups in total. The second kappa shape index (κ2) is 6.67. The first-order valence-electron chi connectivity index (χ1n) is 11.2. The number of likely N-dealkylation sites (N-methyl/N-ethyl adjacent to an activating group) is 1. The SMILES string of the molecule is CCN1C(=O)CN(C2CCc3cc(-c4ccc5c(c4)CN(C4CC4)C5=O)ccc32)C1=O. The van der Waals surface area contributed by atoms with E-state index in [1.807, 2.05) is 24.0 Å². The molecule has 1 unspecified atom stereocenters. The third-order valence-electron chi connectivity index (χ3n) is 7.22. The van der Waals surface area contributed by atoms with E-state index >= 15 is 0 Å². The summed E-state index contributed by atoms with van der Waals surface area (Å²) in [6, 6.07) is 12.8. The van der Waals surface area contributed by atoms with Crippen LogP contribution in [0.4, 0.5) is 4.79 Å². The number of hydrogen-bond donors (Lipinski definition) is 0. The van der Waals surface area contributed by atoms with Crippen LogP contribution in [0.25, 0.3) is 11.1 Å². The van der Waals surface area contributed by atoms with Crippen LogP contribution in [0.3, 0.4) is 0 Å². The fraction of sp³-hybridized carbons (Fsp3) is 0.400. The number of rotatable bonds is 4. The van der Waals surface area contributed by atoms with Gasteiger partial charge < -0.3 is 9.80 Å². The first-order valence-corrected chi connectivity index (χ1v) is 11.2. The van der Waals surface area contributed by atoms with E-state index in [0.717, 1.165) is 60.0 Å². The van der Waals surface area contributed by atoms with Crippen LogP contribution in [0.15, 0.2) is 36.4 Å². The number of urea groups is 1. The molecule has 6 heteroatoms. The Bertz CT molecular complexity index is 1140. The van der Waals surface area contributed by atoms with Gasteiger partial charge >= 0.3 is 6.03 Å². The van der Waals surface area contributed by atoms with E-state index in [2.05, 4.69) is 24.3 Å². The Morgan fingerprint density at radius 1 is 0.871 bits per heavy atom. The van der Waals surface area contributed by atoms with E-state index in [-0.39, 0.29) is 30.4 Å². The molecule has 2 fully saturated rings. The van der Waals surface area contributed by atoms with Crippen molar-refractivity contribution in [3.63, 3.8) is 0 Å². The zero-order valence-corrected chi connectivity index (χ0v) is 17.6. The Morgan fingerprint density at radius 3 is 2.32 bits per heavy atom. The zero-order chi connectivity index (χ0) is 21.3. The van der Waals surface area contributed by atoms with Gasteiger partial charge in [-0.05, 0) is 72.6 Å². The third kappa shape index (κ3) is 2.81. The van der Waals surface area contributed by atoms with E-state index in [0.29, 0.717) is 12.6 Å². The van der Waals surface area contributed by atoms with Crippen molar-refractivity contribution in [1.82, 2.24) is 14.7 Å². The molecule has 1 saturated carbocycles. The maximum absolute atomic E-state index is 12.6. The van der Waals surface area contributed by atoms with Crippen LogP contribution in [0.1, 0.15) is 59.3 Å². The molecule has 1 atom stereocenters. The zero-order valence-electron chi connectivity index (χ0n) is 17.6. The van der Waals surface area contributed by atoms with Gasteiger partial charge in [-0.25, -0.2) is 4.79 Å². The van der Waals surface area contributed by atoms with Gasteiger partial charge in [0, 0.05) is 24.7 Å². The summed E-state index contributed by atoms with van der Waals surface area (Å²) in [4.78, 5) is 42.5. The van der Waals surface area contributed by atoms with Crippen molar-refractivity contribution in [3.05, 3.63) is 58.7 Å². The Labute approximate surface area is 181 Å². The lowest BCUT2D eigenvalue weighted by Gasteiger charge is -2.24. The monoisotopic (exact) mass is 415 g/mol. The molecule has 31 heavy (non-hydrogen) atoms. The number of fused-ring (bicyclic) bond motifs is 2. The first kappa shape index (κ1) is 18.6. The molecule has 0 bridgehead atoms. The van der Waals surface area contributed by atoms with Crippen LogP contribution in [0.5, 0.6) is 0 Å². The van der Waals surface area contributed by atoms with Crippen LogP contribution in [0, 0.1) is 0 Å². The fourth-order valence-electron chi connectivity index (χ4n) is 5.42. The van der Waals surface area contributed by atoms with E-state index < -0.39 is 0 Å². The average molecular weight is 415 g/mol. The van der Waals surface area contributed by atoms with E-state index in [9.17, 15) is 14.4 Å². The van der Waals surface area contributed by atoms with Crippen LogP contribution in [0.2, 0.25) is 0 Å². The Morgan fingerprint density at radius 2 is 1.61 bits per heavy atom. The fourth-order valence-corrected chi connectivity index (χ4v) is 5.42. The molecular weight excluding hydrogens is 390 g/mol. The van der Waals surface area contributed by atoms with E-state index in [1.54, 1.807) is 4.90 Å². The van der Waals surface area contributed by atoms with Crippen molar-refractivity contribution in [1.29, 1.82) is 0 Å². The molecule has 2 aromatic carbocycles. The maximum atomic E-state index is 12.6. The van der Waals surface area contributed by atoms with Crippen molar-refractivity contribution in [3.8, 4) is 11.1 Å². The summed E-state index contributed by atoms with van der Waals surface area (Å²) in [5, 5.41) is 0. The van der Waals surface area contributed by atoms with E-state index in [1.165, 1.54) is 10.5 Å². The van der Waals surface area contributed by atoms with Gasteiger partial charge in [0.15, 0.2) is 0 Å². The van der Waals surface area contributed by atoms with E-state index in [4.69, 9.17) is 0 Å². The number of benzene rings is 2. The van der Waals surface area contributed by atoms with Crippen LogP contribution >= 0.6 is 0 Å². The maximum Gasteiger partial charge on any atom is 0.327 e. The number of nitrogens with zero attached hydrogens (tertiary/aromatic N) is 3. The third-order valence-corrected chi connectivity index (χ3v) is 7.22. The first-order chi connectivity index (χ1) is 15.0. The minimum Gasteiger partial charge on any atom is -0.331 e. The normalized spacial score (nSPS) is 22.5. The second-order valence-electron chi connectivity index (χ2n) is 9.05. The summed E-state index contributed by atoms with van der Waals surface area (Å²) in [7, 11) is 0. The second-order valence-corrected chi connectivity index (χ2v) is 9.05. The van der Waals surface area contributed by atoms with Crippen LogP contribution in [-0.4, -0.2) is 51.7 Å². The summed E-state index contributed by atoms with van der Waals surface area (Å²) in [6.07, 6.45) is 4.00. The predicted molar refractivity (Wildman–Crippen MR) is 115 cm³/mol. The van der Waals surface area contributed by atoms with Crippen molar-refractivity contribution in [2.45, 2.75) is 51.2 Å². The Hall–Kier alpha value is -3.15. The number of imide groups is 1. The molecule has 6 rings (SSSR count). The van der Waals surface area contributed by atoms with Crippen molar-refractivity contribution in [2.75, 3.05) is 13.1 Å². The Kier molecular flexibility index (Phi) is 4.01. The molecule has 0 aromatic heterocycles. The highest BCUT2D eigenvalue weighted by Crippen LogP contribution is 2.40. The lowest BCUT2D eigenvalue weighted by molar-refractivity contribution is -0.125. The van der Waals surface area contributed by atoms with Gasteiger partial charge in [-0.3, -0.25) is 14.5 Å². The molecule has 0 radical (unpaired) electrons. The smallest absolute Gasteiger partial charge is 0.327 e. The van der Waals surface area contributed by atoms with Crippen molar-refractivity contribution < 1.29 is 14.4 Å². The minimum atomic E-state index is -0.169. The van der Waals surface area contributed by atoms with Crippen LogP contribution in [-0.2, 0) is 17.8 Å². The molecule has 1 saturated heterocycles. The van der Waals surface area contributed by atoms with Gasteiger partial charge in [0.2, 0.25) is 5.91 Å². The molecule has 4 amide bonds. The highest BCUT2D eigenvalue weighted by molar-refractivity contribution is 6.02. The van der Waals surface area contributed by atoms with Gasteiger partial charge in [0.25, 0.3) is 5.91 Å². The standard InChI is InChI=1S/C25H25N3O3/c1-2-26-23(29)14-28(25(26)31)22-10-5-17-11-15(3-8-20(17)22)16-4-9-21-18(12-16)13-27(24(21)30)19-6-7-19/h3-4,8-9,11-12,19,22H,2,5-7,10,13-14H2,1H3. The molecule has 0 spiro atoms. The van der Waals surface area contributed by atoms with Crippen molar-refractivity contribution in [2.24, 2.45) is 0 Å². The Balaban J connectivity index is 1.27. The summed E-state index contributed by atoms with van der Waals surface area (Å²) >= 11 is 0. The number of amides is 4. The number of carbonyl (C=O) groups is 3. The number of aryl methyl sites for hydroxylation is 1. The van der Waals surface area contributed by atoms with Gasteiger partial charge in [0.05, 0.1) is 6.04 Å². The lowest BCUT2D eigenvalue weighted by Crippen LogP contribution is -2.34. The van der Waals surface area contributed by atoms with Crippen molar-refractivity contribution >= 4 is 17.8 Å². The number of hydrogen-bond acceptors (Lipinski definition) is 3. The quantitative estimate of drug-likeness (QED) is 0.715. The molecule has 4 aliphatic rings. The van der Waals surface area contributed by atoms with Gasteiger partial charge in [-0.1, -0.05) is 24.3 Å². The average Bonchev–Trinajstić information content (AvgIpc) is 3.36. The summed E-state index contributed by atoms with van der Waals surface area (Å²) in [5.41, 5.74) is 6.62. The predicted octanol–water partition coefficient (Wildman–Crippen LogP) is 3.74. The highest BCUT2D eigenvalue weighted by Gasteiger charge is 2.41. The molecule has 2 aromatic rings. The lowest BCUT2D eigenvalue weighted by atomic mass is 9.97.